The summed E-state index contributed by atoms with van der Waals surface area (Å²) < 4.78 is 0. The molecule has 1 atom stereocenters. The molecule has 0 saturated carbocycles. The maximum Gasteiger partial charge on any atom is 0.224 e. The van der Waals surface area contributed by atoms with Crippen LogP contribution in [0.4, 0.5) is 5.69 Å². The molecular weight excluding hydrogens is 252 g/mol. The van der Waals surface area contributed by atoms with Crippen LogP contribution in [0.15, 0.2) is 54.6 Å². The molecule has 4 heteroatoms. The van der Waals surface area contributed by atoms with Crippen LogP contribution in [0.2, 0.25) is 0 Å². The van der Waals surface area contributed by atoms with Crippen molar-refractivity contribution < 1.29 is 9.90 Å². The average Bonchev–Trinajstić information content (AvgIpc) is 2.45. The van der Waals surface area contributed by atoms with E-state index in [9.17, 15) is 9.90 Å². The molecule has 0 aliphatic heterocycles. The van der Waals surface area contributed by atoms with Crippen LogP contribution in [-0.4, -0.2) is 17.6 Å². The number of hydrogen-bond acceptors (Lipinski definition) is 3. The van der Waals surface area contributed by atoms with Gasteiger partial charge in [-0.15, -0.1) is 0 Å². The standard InChI is InChI=1S/C16H18N2O2/c17-14-8-4-5-12(9-14)10-16(20)18-15(11-19)13-6-2-1-3-7-13/h1-9,15,19H,10-11,17H2,(H,18,20)/t15-/m0/s1. The molecule has 0 heterocycles. The maximum absolute atomic E-state index is 12.0. The Morgan fingerprint density at radius 2 is 1.90 bits per heavy atom. The Hall–Kier alpha value is -2.33. The summed E-state index contributed by atoms with van der Waals surface area (Å²) >= 11 is 0. The van der Waals surface area contributed by atoms with Crippen molar-refractivity contribution in [3.63, 3.8) is 0 Å². The summed E-state index contributed by atoms with van der Waals surface area (Å²) in [5.74, 6) is -0.140. The number of hydrogen-bond donors (Lipinski definition) is 3. The van der Waals surface area contributed by atoms with Crippen molar-refractivity contribution in [2.24, 2.45) is 0 Å². The van der Waals surface area contributed by atoms with Gasteiger partial charge in [0.05, 0.1) is 19.1 Å². The number of rotatable bonds is 5. The van der Waals surface area contributed by atoms with E-state index in [1.165, 1.54) is 0 Å². The highest BCUT2D eigenvalue weighted by Crippen LogP contribution is 2.12. The molecule has 0 unspecified atom stereocenters. The van der Waals surface area contributed by atoms with Gasteiger partial charge < -0.3 is 16.2 Å². The maximum atomic E-state index is 12.0. The van der Waals surface area contributed by atoms with Crippen LogP contribution in [0.3, 0.4) is 0 Å². The first-order valence-electron chi connectivity index (χ1n) is 6.48. The summed E-state index contributed by atoms with van der Waals surface area (Å²) in [7, 11) is 0. The van der Waals surface area contributed by atoms with Gasteiger partial charge in [-0.1, -0.05) is 42.5 Å². The number of anilines is 1. The van der Waals surface area contributed by atoms with Crippen molar-refractivity contribution in [3.8, 4) is 0 Å². The summed E-state index contributed by atoms with van der Waals surface area (Å²) in [6, 6.07) is 16.2. The first-order chi connectivity index (χ1) is 9.69. The SMILES string of the molecule is Nc1cccc(CC(=O)N[C@@H](CO)c2ccccc2)c1. The van der Waals surface area contributed by atoms with E-state index in [4.69, 9.17) is 5.73 Å². The van der Waals surface area contributed by atoms with Crippen LogP contribution >= 0.6 is 0 Å². The van der Waals surface area contributed by atoms with E-state index in [-0.39, 0.29) is 25.0 Å². The van der Waals surface area contributed by atoms with Crippen LogP contribution in [0.5, 0.6) is 0 Å². The third-order valence-electron chi connectivity index (χ3n) is 3.04. The molecule has 0 aromatic heterocycles. The van der Waals surface area contributed by atoms with Crippen LogP contribution in [-0.2, 0) is 11.2 Å². The Morgan fingerprint density at radius 1 is 1.15 bits per heavy atom. The Bertz CT molecular complexity index is 570. The van der Waals surface area contributed by atoms with E-state index in [0.29, 0.717) is 5.69 Å². The van der Waals surface area contributed by atoms with Crippen LogP contribution in [0, 0.1) is 0 Å². The lowest BCUT2D eigenvalue weighted by atomic mass is 10.1. The molecule has 1 amide bonds. The summed E-state index contributed by atoms with van der Waals surface area (Å²) in [6.07, 6.45) is 0.244. The molecule has 0 fully saturated rings. The van der Waals surface area contributed by atoms with Gasteiger partial charge in [0.2, 0.25) is 5.91 Å². The number of amides is 1. The Morgan fingerprint density at radius 3 is 2.55 bits per heavy atom. The number of carbonyl (C=O) groups is 1. The van der Waals surface area contributed by atoms with Crippen LogP contribution in [0.25, 0.3) is 0 Å². The predicted octanol–water partition coefficient (Wildman–Crippen LogP) is 1.66. The molecule has 4 N–H and O–H groups in total. The Kier molecular flexibility index (Phi) is 4.74. The van der Waals surface area contributed by atoms with Crippen molar-refractivity contribution in [1.29, 1.82) is 0 Å². The topological polar surface area (TPSA) is 75.4 Å². The fourth-order valence-electron chi connectivity index (χ4n) is 2.05. The second-order valence-corrected chi connectivity index (χ2v) is 4.64. The minimum Gasteiger partial charge on any atom is -0.399 e. The van der Waals surface area contributed by atoms with E-state index in [1.807, 2.05) is 42.5 Å². The normalized spacial score (nSPS) is 11.8. The Labute approximate surface area is 118 Å². The summed E-state index contributed by atoms with van der Waals surface area (Å²) in [5.41, 5.74) is 8.06. The van der Waals surface area contributed by atoms with Gasteiger partial charge in [-0.25, -0.2) is 0 Å². The molecule has 2 aromatic carbocycles. The molecule has 0 bridgehead atoms. The summed E-state index contributed by atoms with van der Waals surface area (Å²) in [5, 5.41) is 12.2. The highest BCUT2D eigenvalue weighted by Gasteiger charge is 2.13. The summed E-state index contributed by atoms with van der Waals surface area (Å²) in [4.78, 5) is 12.0. The van der Waals surface area contributed by atoms with Gasteiger partial charge in [0, 0.05) is 5.69 Å². The lowest BCUT2D eigenvalue weighted by Gasteiger charge is -2.16. The lowest BCUT2D eigenvalue weighted by molar-refractivity contribution is -0.121. The van der Waals surface area contributed by atoms with E-state index in [2.05, 4.69) is 5.32 Å². The highest BCUT2D eigenvalue weighted by atomic mass is 16.3. The lowest BCUT2D eigenvalue weighted by Crippen LogP contribution is -2.31. The van der Waals surface area contributed by atoms with Gasteiger partial charge in [-0.2, -0.15) is 0 Å². The summed E-state index contributed by atoms with van der Waals surface area (Å²) in [6.45, 7) is -0.132. The van der Waals surface area contributed by atoms with Gasteiger partial charge >= 0.3 is 0 Å². The molecule has 0 saturated heterocycles. The van der Waals surface area contributed by atoms with Crippen molar-refractivity contribution in [2.75, 3.05) is 12.3 Å². The van der Waals surface area contributed by atoms with Gasteiger partial charge in [0.15, 0.2) is 0 Å². The predicted molar refractivity (Wildman–Crippen MR) is 79.0 cm³/mol. The molecule has 4 nitrogen and oxygen atoms in total. The molecule has 0 radical (unpaired) electrons. The van der Waals surface area contributed by atoms with Gasteiger partial charge in [0.25, 0.3) is 0 Å². The number of aliphatic hydroxyl groups is 1. The van der Waals surface area contributed by atoms with Gasteiger partial charge in [0.1, 0.15) is 0 Å². The fourth-order valence-corrected chi connectivity index (χ4v) is 2.05. The first kappa shape index (κ1) is 14.1. The molecule has 2 rings (SSSR count). The van der Waals surface area contributed by atoms with Crippen molar-refractivity contribution >= 4 is 11.6 Å². The number of benzene rings is 2. The van der Waals surface area contributed by atoms with Crippen molar-refractivity contribution in [1.82, 2.24) is 5.32 Å². The zero-order chi connectivity index (χ0) is 14.4. The van der Waals surface area contributed by atoms with Crippen molar-refractivity contribution in [3.05, 3.63) is 65.7 Å². The number of nitrogen functional groups attached to an aromatic ring is 1. The quantitative estimate of drug-likeness (QED) is 0.723. The van der Waals surface area contributed by atoms with Crippen molar-refractivity contribution in [2.45, 2.75) is 12.5 Å². The van der Waals surface area contributed by atoms with Gasteiger partial charge in [-0.05, 0) is 23.3 Å². The number of aliphatic hydroxyl groups excluding tert-OH is 1. The molecular formula is C16H18N2O2. The molecule has 20 heavy (non-hydrogen) atoms. The minimum absolute atomic E-state index is 0.132. The Balaban J connectivity index is 2.00. The second-order valence-electron chi connectivity index (χ2n) is 4.64. The smallest absolute Gasteiger partial charge is 0.224 e. The zero-order valence-corrected chi connectivity index (χ0v) is 11.1. The molecule has 0 aliphatic carbocycles. The number of nitrogens with two attached hydrogens (primary N) is 1. The second kappa shape index (κ2) is 6.73. The molecule has 104 valence electrons. The number of nitrogens with one attached hydrogen (secondary N) is 1. The third-order valence-corrected chi connectivity index (χ3v) is 3.04. The van der Waals surface area contributed by atoms with E-state index < -0.39 is 0 Å². The van der Waals surface area contributed by atoms with E-state index >= 15 is 0 Å². The monoisotopic (exact) mass is 270 g/mol. The molecule has 0 spiro atoms. The van der Waals surface area contributed by atoms with Gasteiger partial charge in [-0.3, -0.25) is 4.79 Å². The van der Waals surface area contributed by atoms with Crippen LogP contribution in [0.1, 0.15) is 17.2 Å². The van der Waals surface area contributed by atoms with E-state index in [1.54, 1.807) is 12.1 Å². The highest BCUT2D eigenvalue weighted by molar-refractivity contribution is 5.79. The molecule has 0 aliphatic rings. The molecule has 2 aromatic rings. The van der Waals surface area contributed by atoms with Crippen LogP contribution < -0.4 is 11.1 Å². The fraction of sp³-hybridized carbons (Fsp3) is 0.188. The number of carbonyl (C=O) groups excluding carboxylic acids is 1. The average molecular weight is 270 g/mol. The zero-order valence-electron chi connectivity index (χ0n) is 11.1. The largest absolute Gasteiger partial charge is 0.399 e. The van der Waals surface area contributed by atoms with E-state index in [0.717, 1.165) is 11.1 Å². The third kappa shape index (κ3) is 3.83. The minimum atomic E-state index is -0.384. The first-order valence-corrected chi connectivity index (χ1v) is 6.48.